The summed E-state index contributed by atoms with van der Waals surface area (Å²) in [5.74, 6) is 3.86. The van der Waals surface area contributed by atoms with Crippen molar-refractivity contribution < 1.29 is 10.2 Å². The number of hydrogen-bond acceptors (Lipinski definition) is 8. The summed E-state index contributed by atoms with van der Waals surface area (Å²) in [4.78, 5) is 11.5. The van der Waals surface area contributed by atoms with Crippen molar-refractivity contribution in [3.63, 3.8) is 0 Å². The molecule has 4 N–H and O–H groups in total. The molecule has 1 aromatic heterocycles. The highest BCUT2D eigenvalue weighted by molar-refractivity contribution is 5.53. The largest absolute Gasteiger partial charge is 0.508 e. The van der Waals surface area contributed by atoms with Gasteiger partial charge < -0.3 is 25.7 Å². The second-order valence-electron chi connectivity index (χ2n) is 11.9. The number of aromatic nitrogens is 2. The third kappa shape index (κ3) is 5.53. The predicted octanol–water partition coefficient (Wildman–Crippen LogP) is 4.22. The summed E-state index contributed by atoms with van der Waals surface area (Å²) >= 11 is 0. The molecule has 8 nitrogen and oxygen atoms in total. The van der Waals surface area contributed by atoms with Crippen LogP contribution in [-0.2, 0) is 6.54 Å². The molecule has 0 amide bonds. The molecule has 4 aliphatic rings. The number of anilines is 2. The van der Waals surface area contributed by atoms with Gasteiger partial charge in [-0.25, -0.2) is 4.98 Å². The van der Waals surface area contributed by atoms with Crippen LogP contribution < -0.4 is 10.6 Å². The minimum Gasteiger partial charge on any atom is -0.508 e. The molecular weight excluding hydrogens is 464 g/mol. The third-order valence-electron chi connectivity index (χ3n) is 9.11. The van der Waals surface area contributed by atoms with Crippen molar-refractivity contribution >= 4 is 11.8 Å². The third-order valence-corrected chi connectivity index (χ3v) is 9.11. The van der Waals surface area contributed by atoms with Crippen LogP contribution in [0.1, 0.15) is 56.6 Å². The number of benzene rings is 1. The van der Waals surface area contributed by atoms with Crippen molar-refractivity contribution in [2.24, 2.45) is 29.1 Å². The number of hydrogen-bond donors (Lipinski definition) is 4. The fourth-order valence-electron chi connectivity index (χ4n) is 7.56. The lowest BCUT2D eigenvalue weighted by molar-refractivity contribution is -0.102. The zero-order valence-electron chi connectivity index (χ0n) is 22.0. The van der Waals surface area contributed by atoms with Crippen LogP contribution >= 0.6 is 0 Å². The number of phenols is 1. The quantitative estimate of drug-likeness (QED) is 0.359. The molecule has 1 heterocycles. The van der Waals surface area contributed by atoms with E-state index in [1.165, 1.54) is 32.1 Å². The maximum Gasteiger partial charge on any atom is 0.224 e. The number of nitrogens with zero attached hydrogens (tertiary/aromatic N) is 4. The van der Waals surface area contributed by atoms with Crippen LogP contribution in [0.25, 0.3) is 0 Å². The second kappa shape index (κ2) is 10.8. The standard InChI is InChI=1S/C29H40N6O2/c1-19(17-36)7-8-35(2)26-22-9-20-10-23(26)13-29(11-20,12-22)18-33-27-24(14-30)16-32-28(34-27)31-15-21-5-3-4-6-25(21)37/h3-6,16,19-20,22-23,26,36-37H,7-13,15,17-18H2,1-2H3,(H2,31,32,33,34)/t19-,20?,22-,23+,26?,29?/m0/s1. The van der Waals surface area contributed by atoms with E-state index in [0.29, 0.717) is 35.8 Å². The second-order valence-corrected chi connectivity index (χ2v) is 11.9. The Balaban J connectivity index is 1.24. The smallest absolute Gasteiger partial charge is 0.224 e. The van der Waals surface area contributed by atoms with Crippen LogP contribution in [0.5, 0.6) is 5.75 Å². The van der Waals surface area contributed by atoms with Crippen LogP contribution in [0.3, 0.4) is 0 Å². The van der Waals surface area contributed by atoms with E-state index >= 15 is 0 Å². The molecular formula is C29H40N6O2. The first kappa shape index (κ1) is 25.7. The molecule has 0 radical (unpaired) electrons. The molecule has 4 saturated carbocycles. The zero-order chi connectivity index (χ0) is 26.0. The zero-order valence-corrected chi connectivity index (χ0v) is 22.0. The predicted molar refractivity (Wildman–Crippen MR) is 144 cm³/mol. The highest BCUT2D eigenvalue weighted by Crippen LogP contribution is 2.61. The monoisotopic (exact) mass is 504 g/mol. The van der Waals surface area contributed by atoms with Crippen molar-refractivity contribution in [2.45, 2.75) is 58.0 Å². The van der Waals surface area contributed by atoms with E-state index in [4.69, 9.17) is 0 Å². The van der Waals surface area contributed by atoms with Crippen molar-refractivity contribution in [1.82, 2.24) is 14.9 Å². The molecule has 4 fully saturated rings. The fourth-order valence-corrected chi connectivity index (χ4v) is 7.56. The van der Waals surface area contributed by atoms with Crippen LogP contribution in [0.2, 0.25) is 0 Å². The first-order valence-electron chi connectivity index (χ1n) is 13.7. The number of phenolic OH excluding ortho intramolecular Hbond substituents is 1. The van der Waals surface area contributed by atoms with Crippen molar-refractivity contribution in [3.05, 3.63) is 41.6 Å². The average Bonchev–Trinajstić information content (AvgIpc) is 2.89. The molecule has 37 heavy (non-hydrogen) atoms. The van der Waals surface area contributed by atoms with Gasteiger partial charge in [0.2, 0.25) is 5.95 Å². The summed E-state index contributed by atoms with van der Waals surface area (Å²) in [6.07, 6.45) is 8.99. The molecule has 3 unspecified atom stereocenters. The number of nitrogens with one attached hydrogen (secondary N) is 2. The Morgan fingerprint density at radius 3 is 2.65 bits per heavy atom. The molecule has 6 atom stereocenters. The summed E-state index contributed by atoms with van der Waals surface area (Å²) in [7, 11) is 2.28. The van der Waals surface area contributed by atoms with Gasteiger partial charge in [-0.05, 0) is 87.3 Å². The molecule has 8 heteroatoms. The van der Waals surface area contributed by atoms with Gasteiger partial charge in [0, 0.05) is 31.3 Å². The highest BCUT2D eigenvalue weighted by Gasteiger charge is 2.55. The lowest BCUT2D eigenvalue weighted by Gasteiger charge is -2.62. The maximum atomic E-state index is 10.0. The fraction of sp³-hybridized carbons (Fsp3) is 0.621. The topological polar surface area (TPSA) is 117 Å². The van der Waals surface area contributed by atoms with Gasteiger partial charge in [-0.2, -0.15) is 10.2 Å². The molecule has 198 valence electrons. The number of aliphatic hydroxyl groups is 1. The number of para-hydroxylation sites is 1. The Labute approximate surface area is 220 Å². The molecule has 0 spiro atoms. The van der Waals surface area contributed by atoms with Gasteiger partial charge in [0.15, 0.2) is 0 Å². The SMILES string of the molecule is C[C@H](CO)CCN(C)C1[C@@H]2CC3C[C@H]1CC(CNc1nc(NCc4ccccc4O)ncc1C#N)(C3)C2. The summed E-state index contributed by atoms with van der Waals surface area (Å²) in [6.45, 7) is 4.68. The molecule has 4 bridgehead atoms. The molecule has 6 rings (SSSR count). The lowest BCUT2D eigenvalue weighted by atomic mass is 9.47. The molecule has 1 aromatic carbocycles. The molecule has 2 aromatic rings. The average molecular weight is 505 g/mol. The number of aromatic hydroxyl groups is 1. The Morgan fingerprint density at radius 1 is 1.19 bits per heavy atom. The Bertz CT molecular complexity index is 1120. The van der Waals surface area contributed by atoms with E-state index in [2.05, 4.69) is 45.5 Å². The Kier molecular flexibility index (Phi) is 7.55. The van der Waals surface area contributed by atoms with E-state index < -0.39 is 0 Å². The van der Waals surface area contributed by atoms with Gasteiger partial charge in [-0.3, -0.25) is 0 Å². The van der Waals surface area contributed by atoms with E-state index in [1.54, 1.807) is 18.3 Å². The van der Waals surface area contributed by atoms with Crippen LogP contribution in [0.15, 0.2) is 30.5 Å². The van der Waals surface area contributed by atoms with Crippen molar-refractivity contribution in [3.8, 4) is 11.8 Å². The minimum atomic E-state index is 0.232. The molecule has 0 saturated heterocycles. The molecule has 0 aliphatic heterocycles. The van der Waals surface area contributed by atoms with Crippen LogP contribution in [0.4, 0.5) is 11.8 Å². The summed E-state index contributed by atoms with van der Waals surface area (Å²) < 4.78 is 0. The van der Waals surface area contributed by atoms with Crippen LogP contribution in [0, 0.1) is 40.4 Å². The first-order chi connectivity index (χ1) is 17.9. The van der Waals surface area contributed by atoms with Crippen molar-refractivity contribution in [2.75, 3.05) is 37.4 Å². The summed E-state index contributed by atoms with van der Waals surface area (Å²) in [5, 5.41) is 35.9. The number of nitriles is 1. The van der Waals surface area contributed by atoms with Gasteiger partial charge in [-0.1, -0.05) is 25.1 Å². The first-order valence-corrected chi connectivity index (χ1v) is 13.7. The van der Waals surface area contributed by atoms with Gasteiger partial charge in [0.25, 0.3) is 0 Å². The van der Waals surface area contributed by atoms with Gasteiger partial charge in [0.1, 0.15) is 23.2 Å². The van der Waals surface area contributed by atoms with Gasteiger partial charge in [0.05, 0.1) is 6.20 Å². The van der Waals surface area contributed by atoms with E-state index in [1.807, 2.05) is 12.1 Å². The molecule has 4 aliphatic carbocycles. The van der Waals surface area contributed by atoms with Crippen molar-refractivity contribution in [1.29, 1.82) is 5.26 Å². The summed E-state index contributed by atoms with van der Waals surface area (Å²) in [6, 6.07) is 10.1. The number of aliphatic hydroxyl groups excluding tert-OH is 1. The normalized spacial score (nSPS) is 28.7. The maximum absolute atomic E-state index is 10.0. The van der Waals surface area contributed by atoms with Crippen LogP contribution in [-0.4, -0.2) is 57.9 Å². The van der Waals surface area contributed by atoms with Gasteiger partial charge in [-0.15, -0.1) is 0 Å². The summed E-state index contributed by atoms with van der Waals surface area (Å²) in [5.41, 5.74) is 1.48. The van der Waals surface area contributed by atoms with Gasteiger partial charge >= 0.3 is 0 Å². The lowest BCUT2D eigenvalue weighted by Crippen LogP contribution is -2.60. The van der Waals surface area contributed by atoms with E-state index in [9.17, 15) is 15.5 Å². The van der Waals surface area contributed by atoms with E-state index in [-0.39, 0.29) is 17.8 Å². The Hall–Kier alpha value is -2.89. The highest BCUT2D eigenvalue weighted by atomic mass is 16.3. The number of rotatable bonds is 11. The van der Waals surface area contributed by atoms with E-state index in [0.717, 1.165) is 42.8 Å². The minimum absolute atomic E-state index is 0.232. The Morgan fingerprint density at radius 2 is 1.95 bits per heavy atom.